The number of aryl methyl sites for hydroxylation is 8. The molecule has 8 aliphatic rings. The minimum atomic E-state index is 0. The van der Waals surface area contributed by atoms with E-state index in [1.165, 1.54) is 122 Å². The average molecular weight is 1130 g/mol. The molecule has 0 N–H and O–H groups in total. The Kier molecular flexibility index (Phi) is 14.3. The second-order valence-corrected chi connectivity index (χ2v) is 25.1. The molecular formula is C67H83AuN2O-. The van der Waals surface area contributed by atoms with Gasteiger partial charge in [-0.3, -0.25) is 0 Å². The molecule has 4 saturated carbocycles. The van der Waals surface area contributed by atoms with E-state index in [1.54, 1.807) is 0 Å². The van der Waals surface area contributed by atoms with E-state index in [0.717, 1.165) is 124 Å². The molecule has 1 radical (unpaired) electrons. The Labute approximate surface area is 445 Å². The van der Waals surface area contributed by atoms with Crippen LogP contribution < -0.4 is 4.74 Å². The molecule has 379 valence electrons. The van der Waals surface area contributed by atoms with E-state index < -0.39 is 0 Å². The first-order valence-corrected chi connectivity index (χ1v) is 28.2. The zero-order valence-corrected chi connectivity index (χ0v) is 47.3. The molecule has 0 unspecified atom stereocenters. The van der Waals surface area contributed by atoms with Crippen LogP contribution in [-0.4, -0.2) is 16.3 Å². The molecule has 6 aliphatic carbocycles. The third-order valence-corrected chi connectivity index (χ3v) is 18.8. The Balaban J connectivity index is 0.000000174. The largest absolute Gasteiger partial charge is 0.652 e. The van der Waals surface area contributed by atoms with Crippen molar-refractivity contribution in [1.82, 2.24) is 0 Å². The Bertz CT molecular complexity index is 2680. The van der Waals surface area contributed by atoms with Crippen LogP contribution in [0.15, 0.2) is 66.7 Å². The fraction of sp³-hybridized carbons (Fsp3) is 0.537. The van der Waals surface area contributed by atoms with E-state index in [0.29, 0.717) is 17.3 Å². The predicted octanol–water partition coefficient (Wildman–Crippen LogP) is 17.8. The summed E-state index contributed by atoms with van der Waals surface area (Å²) in [6.45, 7) is 23.5. The molecule has 2 heterocycles. The van der Waals surface area contributed by atoms with Gasteiger partial charge in [-0.15, -0.1) is 0 Å². The van der Waals surface area contributed by atoms with Gasteiger partial charge >= 0.3 is 0 Å². The first-order chi connectivity index (χ1) is 33.6. The van der Waals surface area contributed by atoms with Crippen LogP contribution in [0, 0.1) is 56.8 Å². The molecule has 4 heteroatoms. The van der Waals surface area contributed by atoms with E-state index in [9.17, 15) is 0 Å². The summed E-state index contributed by atoms with van der Waals surface area (Å²) >= 11 is 0. The van der Waals surface area contributed by atoms with Crippen LogP contribution >= 0.6 is 0 Å². The maximum atomic E-state index is 7.04. The van der Waals surface area contributed by atoms with Crippen LogP contribution in [0.5, 0.6) is 11.5 Å². The van der Waals surface area contributed by atoms with Gasteiger partial charge in [0.25, 0.3) is 0 Å². The monoisotopic (exact) mass is 1130 g/mol. The van der Waals surface area contributed by atoms with E-state index in [4.69, 9.17) is 10.1 Å². The summed E-state index contributed by atoms with van der Waals surface area (Å²) in [6.07, 6.45) is 26.3. The zero-order valence-electron chi connectivity index (χ0n) is 45.1. The molecule has 0 atom stereocenters. The van der Waals surface area contributed by atoms with Crippen molar-refractivity contribution in [3.63, 3.8) is 0 Å². The third kappa shape index (κ3) is 9.73. The van der Waals surface area contributed by atoms with Crippen LogP contribution in [0.4, 0.5) is 17.1 Å². The number of ether oxygens (including phenoxy) is 1. The molecule has 0 aromatic heterocycles. The minimum Gasteiger partial charge on any atom is -0.652 e. The van der Waals surface area contributed by atoms with Gasteiger partial charge in [0.2, 0.25) is 0 Å². The minimum absolute atomic E-state index is 0. The first-order valence-electron chi connectivity index (χ1n) is 28.2. The van der Waals surface area contributed by atoms with Gasteiger partial charge in [-0.2, -0.15) is 0 Å². The Morgan fingerprint density at radius 3 is 1.41 bits per heavy atom. The smallest absolute Gasteiger partial charge is 0.129 e. The van der Waals surface area contributed by atoms with Gasteiger partial charge in [0.05, 0.1) is 5.69 Å². The molecule has 0 amide bonds. The predicted molar refractivity (Wildman–Crippen MR) is 293 cm³/mol. The molecule has 5 aromatic rings. The molecule has 2 aliphatic heterocycles. The fourth-order valence-corrected chi connectivity index (χ4v) is 15.7. The average Bonchev–Trinajstić information content (AvgIpc) is 3.59. The zero-order chi connectivity index (χ0) is 48.6. The number of nitrogens with zero attached hydrogens (tertiary/aromatic N) is 2. The molecule has 12 bridgehead atoms. The van der Waals surface area contributed by atoms with E-state index in [2.05, 4.69) is 147 Å². The number of rotatable bonds is 3. The fourth-order valence-electron chi connectivity index (χ4n) is 15.7. The second kappa shape index (κ2) is 20.1. The summed E-state index contributed by atoms with van der Waals surface area (Å²) in [5, 5.41) is 5.38. The van der Waals surface area contributed by atoms with Crippen molar-refractivity contribution in [1.29, 1.82) is 0 Å². The molecule has 71 heavy (non-hydrogen) atoms. The summed E-state index contributed by atoms with van der Waals surface area (Å²) < 4.78 is 9.69. The van der Waals surface area contributed by atoms with Gasteiger partial charge in [-0.05, 0) is 247 Å². The third-order valence-electron chi connectivity index (χ3n) is 18.8. The van der Waals surface area contributed by atoms with Crippen LogP contribution in [0.3, 0.4) is 0 Å². The van der Waals surface area contributed by atoms with Crippen molar-refractivity contribution in [2.24, 2.45) is 29.1 Å². The topological polar surface area (TPSA) is 26.3 Å². The molecule has 5 aromatic carbocycles. The van der Waals surface area contributed by atoms with Crippen molar-refractivity contribution >= 4 is 23.3 Å². The quantitative estimate of drug-likeness (QED) is 0.0985. The van der Waals surface area contributed by atoms with Gasteiger partial charge in [-0.1, -0.05) is 128 Å². The Hall–Kier alpha value is -3.89. The summed E-state index contributed by atoms with van der Waals surface area (Å²) in [5.74, 6) is 6.96. The van der Waals surface area contributed by atoms with Crippen molar-refractivity contribution in [2.45, 2.75) is 202 Å². The Morgan fingerprint density at radius 2 is 0.986 bits per heavy atom. The van der Waals surface area contributed by atoms with Crippen molar-refractivity contribution < 1.29 is 31.7 Å². The summed E-state index contributed by atoms with van der Waals surface area (Å²) in [6, 6.07) is 26.1. The molecule has 13 rings (SSSR count). The molecule has 1 spiro atoms. The van der Waals surface area contributed by atoms with Gasteiger partial charge in [0, 0.05) is 35.0 Å². The number of para-hydroxylation sites is 1. The Morgan fingerprint density at radius 1 is 0.563 bits per heavy atom. The van der Waals surface area contributed by atoms with Crippen LogP contribution in [-0.2, 0) is 73.7 Å². The van der Waals surface area contributed by atoms with Crippen molar-refractivity contribution in [3.05, 3.63) is 150 Å². The van der Waals surface area contributed by atoms with Gasteiger partial charge in [-0.25, -0.2) is 0 Å². The van der Waals surface area contributed by atoms with Crippen LogP contribution in [0.1, 0.15) is 195 Å². The molecular weight excluding hydrogens is 1050 g/mol. The SMILES string of the molecule is CC(C)c1cccc(C(C)C)c1[N+]1=[C-]C2(CC1(C)C)C1CC3CC(C1)CC2C3.Cc1cc2cc(c1)CCCc1c(C)c(cc3c1Oc1c(cc4c(C)c1CCCc1cc(C)cc(c1)CCC4)[N-]3)CCC2.[Au]. The van der Waals surface area contributed by atoms with Crippen molar-refractivity contribution in [3.8, 4) is 11.5 Å². The van der Waals surface area contributed by atoms with Crippen molar-refractivity contribution in [2.75, 3.05) is 0 Å². The van der Waals surface area contributed by atoms with Crippen LogP contribution in [0.25, 0.3) is 5.32 Å². The number of benzene rings is 5. The number of hydrogen-bond acceptors (Lipinski definition) is 1. The van der Waals surface area contributed by atoms with E-state index >= 15 is 0 Å². The molecule has 3 nitrogen and oxygen atoms in total. The first kappa shape index (κ1) is 50.6. The second-order valence-electron chi connectivity index (χ2n) is 25.1. The summed E-state index contributed by atoms with van der Waals surface area (Å²) in [7, 11) is 0. The maximum Gasteiger partial charge on any atom is 0.129 e. The van der Waals surface area contributed by atoms with Gasteiger partial charge in [0.15, 0.2) is 0 Å². The number of hydrogen-bond donors (Lipinski definition) is 0. The van der Waals surface area contributed by atoms with Crippen LogP contribution in [0.2, 0.25) is 0 Å². The standard InChI is InChI=1S/C40H44NO.C27H39N.Au/c1-25-17-29-9-5-13-33-23-37-39(35(27(33)3)15-7-11-31(19-25)21-29)42-40-36-16-8-12-32-20-26(2)18-30(22-32)10-6-14-34(28(36)4)24-38(40)41-37;1-17(2)23-8-7-9-24(18(3)4)25(23)28-16-27(15-26(28,5)6)21-11-19-10-20(13-21)14-22(27)12-19;/h17-24H,5-16H2,1-4H3;7-9,17-22H,10-15H2,1-6H3;/q-1;;. The number of fused-ring (bicyclic) bond motifs is 12. The summed E-state index contributed by atoms with van der Waals surface area (Å²) in [4.78, 5) is 0. The van der Waals surface area contributed by atoms with Gasteiger partial charge in [0.1, 0.15) is 17.0 Å². The van der Waals surface area contributed by atoms with E-state index in [-0.39, 0.29) is 27.9 Å². The maximum absolute atomic E-state index is 7.04. The molecule has 0 saturated heterocycles. The normalized spacial score (nSPS) is 24.6. The van der Waals surface area contributed by atoms with Gasteiger partial charge < -0.3 is 14.6 Å². The van der Waals surface area contributed by atoms with E-state index in [1.807, 2.05) is 0 Å². The molecule has 4 fully saturated rings. The summed E-state index contributed by atoms with van der Waals surface area (Å²) in [5.41, 5.74) is 24.3.